The van der Waals surface area contributed by atoms with E-state index < -0.39 is 5.97 Å². The monoisotopic (exact) mass is 285 g/mol. The van der Waals surface area contributed by atoms with Gasteiger partial charge in [0.25, 0.3) is 0 Å². The lowest BCUT2D eigenvalue weighted by atomic mass is 10.1. The fourth-order valence-electron chi connectivity index (χ4n) is 1.95. The van der Waals surface area contributed by atoms with Crippen LogP contribution in [0.5, 0.6) is 0 Å². The third-order valence-electron chi connectivity index (χ3n) is 2.81. The summed E-state index contributed by atoms with van der Waals surface area (Å²) in [5.41, 5.74) is 1.49. The Kier molecular flexibility index (Phi) is 3.30. The standard InChI is InChI=1S/C14H11N3O2S/c18-13(19)6-10-8-20-14(16-10)17-12-3-1-2-9-7-15-5-4-11(9)12/h1-5,7-8H,6H2,(H,16,17)(H,18,19). The number of carbonyl (C=O) groups is 1. The number of hydrogen-bond acceptors (Lipinski definition) is 5. The number of carboxylic acids is 1. The van der Waals surface area contributed by atoms with Crippen LogP contribution < -0.4 is 5.32 Å². The van der Waals surface area contributed by atoms with Gasteiger partial charge in [-0.2, -0.15) is 0 Å². The zero-order valence-electron chi connectivity index (χ0n) is 10.4. The number of anilines is 2. The smallest absolute Gasteiger partial charge is 0.309 e. The second kappa shape index (κ2) is 5.26. The summed E-state index contributed by atoms with van der Waals surface area (Å²) < 4.78 is 0. The summed E-state index contributed by atoms with van der Waals surface area (Å²) in [4.78, 5) is 19.0. The highest BCUT2D eigenvalue weighted by Crippen LogP contribution is 2.27. The summed E-state index contributed by atoms with van der Waals surface area (Å²) in [7, 11) is 0. The molecule has 0 radical (unpaired) electrons. The lowest BCUT2D eigenvalue weighted by Gasteiger charge is -2.06. The molecule has 2 heterocycles. The van der Waals surface area contributed by atoms with Gasteiger partial charge < -0.3 is 10.4 Å². The molecule has 5 nitrogen and oxygen atoms in total. The van der Waals surface area contributed by atoms with Gasteiger partial charge in [0.15, 0.2) is 5.13 Å². The molecule has 20 heavy (non-hydrogen) atoms. The molecule has 6 heteroatoms. The molecule has 0 aliphatic carbocycles. The fraction of sp³-hybridized carbons (Fsp3) is 0.0714. The van der Waals surface area contributed by atoms with Crippen molar-refractivity contribution >= 4 is 38.9 Å². The molecule has 3 rings (SSSR count). The maximum atomic E-state index is 10.6. The Labute approximate surface area is 118 Å². The number of thiazole rings is 1. The first kappa shape index (κ1) is 12.6. The van der Waals surface area contributed by atoms with Crippen molar-refractivity contribution in [1.82, 2.24) is 9.97 Å². The predicted octanol–water partition coefficient (Wildman–Crippen LogP) is 3.06. The number of nitrogens with zero attached hydrogens (tertiary/aromatic N) is 2. The van der Waals surface area contributed by atoms with Gasteiger partial charge in [-0.1, -0.05) is 12.1 Å². The van der Waals surface area contributed by atoms with E-state index in [0.29, 0.717) is 10.8 Å². The molecule has 0 atom stereocenters. The van der Waals surface area contributed by atoms with Crippen LogP contribution in [-0.2, 0) is 11.2 Å². The van der Waals surface area contributed by atoms with Crippen LogP contribution >= 0.6 is 11.3 Å². The van der Waals surface area contributed by atoms with E-state index in [2.05, 4.69) is 15.3 Å². The normalized spacial score (nSPS) is 10.6. The van der Waals surface area contributed by atoms with Gasteiger partial charge in [-0.05, 0) is 12.1 Å². The van der Waals surface area contributed by atoms with Crippen molar-refractivity contribution in [1.29, 1.82) is 0 Å². The number of carboxylic acid groups (broad SMARTS) is 1. The molecular formula is C14H11N3O2S. The quantitative estimate of drug-likeness (QED) is 0.770. The summed E-state index contributed by atoms with van der Waals surface area (Å²) in [6.07, 6.45) is 3.49. The minimum Gasteiger partial charge on any atom is -0.481 e. The molecule has 1 aromatic carbocycles. The van der Waals surface area contributed by atoms with Crippen molar-refractivity contribution in [2.75, 3.05) is 5.32 Å². The molecule has 0 amide bonds. The van der Waals surface area contributed by atoms with E-state index >= 15 is 0 Å². The third-order valence-corrected chi connectivity index (χ3v) is 3.61. The van der Waals surface area contributed by atoms with Gasteiger partial charge in [-0.15, -0.1) is 11.3 Å². The molecule has 0 aliphatic heterocycles. The van der Waals surface area contributed by atoms with Gasteiger partial charge in [0, 0.05) is 34.2 Å². The summed E-state index contributed by atoms with van der Waals surface area (Å²) in [5, 5.41) is 16.5. The van der Waals surface area contributed by atoms with Gasteiger partial charge in [0.05, 0.1) is 12.1 Å². The molecule has 0 fully saturated rings. The van der Waals surface area contributed by atoms with Crippen molar-refractivity contribution in [3.8, 4) is 0 Å². The van der Waals surface area contributed by atoms with Crippen molar-refractivity contribution in [3.63, 3.8) is 0 Å². The maximum Gasteiger partial charge on any atom is 0.309 e. The van der Waals surface area contributed by atoms with Gasteiger partial charge in [-0.25, -0.2) is 4.98 Å². The third kappa shape index (κ3) is 2.60. The number of fused-ring (bicyclic) bond motifs is 1. The van der Waals surface area contributed by atoms with Crippen molar-refractivity contribution in [2.45, 2.75) is 6.42 Å². The molecule has 100 valence electrons. The largest absolute Gasteiger partial charge is 0.481 e. The van der Waals surface area contributed by atoms with Crippen LogP contribution in [0.25, 0.3) is 10.8 Å². The van der Waals surface area contributed by atoms with Crippen LogP contribution in [0.2, 0.25) is 0 Å². The second-order valence-electron chi connectivity index (χ2n) is 4.24. The first-order valence-electron chi connectivity index (χ1n) is 5.98. The Balaban J connectivity index is 1.89. The summed E-state index contributed by atoms with van der Waals surface area (Å²) in [5.74, 6) is -0.877. The van der Waals surface area contributed by atoms with Crippen LogP contribution in [0.3, 0.4) is 0 Å². The number of hydrogen-bond donors (Lipinski definition) is 2. The van der Waals surface area contributed by atoms with E-state index in [1.54, 1.807) is 17.8 Å². The molecule has 0 spiro atoms. The summed E-state index contributed by atoms with van der Waals surface area (Å²) >= 11 is 1.39. The summed E-state index contributed by atoms with van der Waals surface area (Å²) in [6, 6.07) is 7.83. The van der Waals surface area contributed by atoms with Crippen LogP contribution in [0.1, 0.15) is 5.69 Å². The molecule has 2 aromatic heterocycles. The van der Waals surface area contributed by atoms with E-state index in [1.165, 1.54) is 11.3 Å². The highest BCUT2D eigenvalue weighted by atomic mass is 32.1. The lowest BCUT2D eigenvalue weighted by molar-refractivity contribution is -0.136. The van der Waals surface area contributed by atoms with Gasteiger partial charge in [-0.3, -0.25) is 9.78 Å². The average Bonchev–Trinajstić information content (AvgIpc) is 2.86. The van der Waals surface area contributed by atoms with Crippen LogP contribution in [0.15, 0.2) is 42.0 Å². The Morgan fingerprint density at radius 3 is 3.10 bits per heavy atom. The molecule has 0 unspecified atom stereocenters. The first-order valence-corrected chi connectivity index (χ1v) is 6.86. The first-order chi connectivity index (χ1) is 9.72. The Morgan fingerprint density at radius 1 is 1.35 bits per heavy atom. The van der Waals surface area contributed by atoms with Crippen molar-refractivity contribution in [3.05, 3.63) is 47.7 Å². The molecule has 2 N–H and O–H groups in total. The van der Waals surface area contributed by atoms with Gasteiger partial charge in [0.2, 0.25) is 0 Å². The average molecular weight is 285 g/mol. The van der Waals surface area contributed by atoms with Gasteiger partial charge >= 0.3 is 5.97 Å². The summed E-state index contributed by atoms with van der Waals surface area (Å²) in [6.45, 7) is 0. The van der Waals surface area contributed by atoms with Crippen molar-refractivity contribution < 1.29 is 9.90 Å². The molecule has 0 aliphatic rings. The zero-order valence-corrected chi connectivity index (χ0v) is 11.2. The molecular weight excluding hydrogens is 274 g/mol. The van der Waals surface area contributed by atoms with Crippen molar-refractivity contribution in [2.24, 2.45) is 0 Å². The van der Waals surface area contributed by atoms with E-state index in [-0.39, 0.29) is 6.42 Å². The Bertz CT molecular complexity index is 764. The van der Waals surface area contributed by atoms with E-state index in [1.807, 2.05) is 24.3 Å². The number of rotatable bonds is 4. The number of benzene rings is 1. The number of pyridine rings is 1. The highest BCUT2D eigenvalue weighted by molar-refractivity contribution is 7.13. The molecule has 0 saturated carbocycles. The number of aliphatic carboxylic acids is 1. The molecule has 0 bridgehead atoms. The number of aromatic nitrogens is 2. The van der Waals surface area contributed by atoms with E-state index in [9.17, 15) is 4.79 Å². The number of nitrogens with one attached hydrogen (secondary N) is 1. The molecule has 3 aromatic rings. The Hall–Kier alpha value is -2.47. The maximum absolute atomic E-state index is 10.6. The minimum absolute atomic E-state index is 0.0579. The van der Waals surface area contributed by atoms with Crippen LogP contribution in [-0.4, -0.2) is 21.0 Å². The van der Waals surface area contributed by atoms with Crippen LogP contribution in [0.4, 0.5) is 10.8 Å². The minimum atomic E-state index is -0.877. The SMILES string of the molecule is O=C(O)Cc1csc(Nc2cccc3cnccc23)n1. The topological polar surface area (TPSA) is 75.1 Å². The predicted molar refractivity (Wildman–Crippen MR) is 78.5 cm³/mol. The zero-order chi connectivity index (χ0) is 13.9. The fourth-order valence-corrected chi connectivity index (χ4v) is 2.67. The van der Waals surface area contributed by atoms with Crippen LogP contribution in [0, 0.1) is 0 Å². The lowest BCUT2D eigenvalue weighted by Crippen LogP contribution is -2.00. The van der Waals surface area contributed by atoms with E-state index in [0.717, 1.165) is 16.5 Å². The Morgan fingerprint density at radius 2 is 2.25 bits per heavy atom. The van der Waals surface area contributed by atoms with E-state index in [4.69, 9.17) is 5.11 Å². The highest BCUT2D eigenvalue weighted by Gasteiger charge is 2.07. The van der Waals surface area contributed by atoms with Gasteiger partial charge in [0.1, 0.15) is 0 Å². The second-order valence-corrected chi connectivity index (χ2v) is 5.10. The molecule has 0 saturated heterocycles.